The zero-order chi connectivity index (χ0) is 21.7. The van der Waals surface area contributed by atoms with Crippen LogP contribution in [-0.2, 0) is 25.1 Å². The highest BCUT2D eigenvalue weighted by atomic mass is 32.2. The van der Waals surface area contributed by atoms with Gasteiger partial charge in [-0.25, -0.2) is 9.97 Å². The largest absolute Gasteiger partial charge is 0.283 e. The highest BCUT2D eigenvalue weighted by molar-refractivity contribution is 7.98. The van der Waals surface area contributed by atoms with E-state index >= 15 is 0 Å². The van der Waals surface area contributed by atoms with E-state index in [0.717, 1.165) is 35.2 Å². The molecule has 4 aromatic rings. The van der Waals surface area contributed by atoms with Crippen LogP contribution in [0.2, 0.25) is 0 Å². The van der Waals surface area contributed by atoms with Crippen LogP contribution in [0.5, 0.6) is 0 Å². The minimum absolute atomic E-state index is 0.0109. The van der Waals surface area contributed by atoms with Gasteiger partial charge in [0.25, 0.3) is 11.1 Å². The summed E-state index contributed by atoms with van der Waals surface area (Å²) in [5.41, 5.74) is 2.71. The summed E-state index contributed by atoms with van der Waals surface area (Å²) in [7, 11) is 0. The summed E-state index contributed by atoms with van der Waals surface area (Å²) in [5, 5.41) is 3.36. The lowest BCUT2D eigenvalue weighted by atomic mass is 9.89. The molecular weight excluding hydrogens is 448 g/mol. The lowest BCUT2D eigenvalue weighted by Crippen LogP contribution is -2.23. The number of fused-ring (bicyclic) bond motifs is 4. The summed E-state index contributed by atoms with van der Waals surface area (Å²) >= 11 is 4.56. The zero-order valence-electron chi connectivity index (χ0n) is 17.4. The number of thiazole rings is 1. The Labute approximate surface area is 191 Å². The molecule has 0 N–H and O–H groups in total. The molecule has 1 aliphatic carbocycles. The summed E-state index contributed by atoms with van der Waals surface area (Å²) < 4.78 is 3.32. The van der Waals surface area contributed by atoms with Gasteiger partial charge < -0.3 is 0 Å². The number of aromatic nitrogens is 4. The molecular formula is C22H22N4O2S3. The van der Waals surface area contributed by atoms with Crippen molar-refractivity contribution in [1.29, 1.82) is 0 Å². The van der Waals surface area contributed by atoms with E-state index in [1.807, 2.05) is 12.3 Å². The summed E-state index contributed by atoms with van der Waals surface area (Å²) in [6, 6.07) is 1.57. The van der Waals surface area contributed by atoms with Gasteiger partial charge in [0, 0.05) is 34.3 Å². The van der Waals surface area contributed by atoms with Crippen LogP contribution >= 0.6 is 34.4 Å². The van der Waals surface area contributed by atoms with Gasteiger partial charge in [-0.05, 0) is 37.7 Å². The summed E-state index contributed by atoms with van der Waals surface area (Å²) in [6.45, 7) is 8.39. The predicted octanol–water partition coefficient (Wildman–Crippen LogP) is 4.44. The van der Waals surface area contributed by atoms with Gasteiger partial charge in [-0.2, -0.15) is 0 Å². The van der Waals surface area contributed by atoms with Gasteiger partial charge in [-0.15, -0.1) is 29.3 Å². The Kier molecular flexibility index (Phi) is 5.35. The Bertz CT molecular complexity index is 1440. The van der Waals surface area contributed by atoms with E-state index in [0.29, 0.717) is 34.0 Å². The molecule has 4 heterocycles. The number of allylic oxidation sites excluding steroid dienone is 1. The van der Waals surface area contributed by atoms with E-state index in [4.69, 9.17) is 4.98 Å². The SMILES string of the molecule is C=CCn1c(SCc2cc(=O)n3c(C)csc3n2)nc2sc3c(c2c1=O)CCC(C)C3. The zero-order valence-corrected chi connectivity index (χ0v) is 19.8. The smallest absolute Gasteiger partial charge is 0.263 e. The first-order valence-electron chi connectivity index (χ1n) is 10.2. The van der Waals surface area contributed by atoms with Gasteiger partial charge in [0.2, 0.25) is 0 Å². The van der Waals surface area contributed by atoms with Gasteiger partial charge in [0.05, 0.1) is 11.1 Å². The molecule has 0 aliphatic heterocycles. The fourth-order valence-electron chi connectivity index (χ4n) is 4.12. The van der Waals surface area contributed by atoms with E-state index < -0.39 is 0 Å². The Morgan fingerprint density at radius 3 is 3.00 bits per heavy atom. The molecule has 0 fully saturated rings. The average Bonchev–Trinajstić information content (AvgIpc) is 3.28. The van der Waals surface area contributed by atoms with Crippen molar-refractivity contribution in [2.75, 3.05) is 0 Å². The van der Waals surface area contributed by atoms with Crippen LogP contribution in [0.25, 0.3) is 15.2 Å². The van der Waals surface area contributed by atoms with Crippen molar-refractivity contribution in [3.8, 4) is 0 Å². The van der Waals surface area contributed by atoms with Crippen LogP contribution in [0.1, 0.15) is 35.2 Å². The molecule has 160 valence electrons. The second kappa shape index (κ2) is 8.03. The van der Waals surface area contributed by atoms with Crippen molar-refractivity contribution in [2.45, 2.75) is 50.6 Å². The van der Waals surface area contributed by atoms with Crippen molar-refractivity contribution in [2.24, 2.45) is 5.92 Å². The molecule has 0 amide bonds. The van der Waals surface area contributed by atoms with Crippen LogP contribution in [-0.4, -0.2) is 18.9 Å². The average molecular weight is 471 g/mol. The van der Waals surface area contributed by atoms with E-state index in [1.165, 1.54) is 33.5 Å². The maximum Gasteiger partial charge on any atom is 0.263 e. The van der Waals surface area contributed by atoms with Crippen LogP contribution in [0.15, 0.2) is 38.8 Å². The molecule has 1 aliphatic rings. The normalized spacial score (nSPS) is 16.1. The van der Waals surface area contributed by atoms with E-state index in [1.54, 1.807) is 32.4 Å². The summed E-state index contributed by atoms with van der Waals surface area (Å²) in [5.74, 6) is 1.12. The standard InChI is InChI=1S/C22H22N4O2S3/c1-4-7-25-20(28)18-15-6-5-12(2)8-16(15)31-19(18)24-21(25)30-11-14-9-17(27)26-13(3)10-29-22(26)23-14/h4,9-10,12H,1,5-8,11H2,2-3H3. The molecule has 1 unspecified atom stereocenters. The summed E-state index contributed by atoms with van der Waals surface area (Å²) in [6.07, 6.45) is 4.81. The third-order valence-corrected chi connectivity index (χ3v) is 8.77. The van der Waals surface area contributed by atoms with Gasteiger partial charge in [-0.3, -0.25) is 18.6 Å². The Morgan fingerprint density at radius 1 is 1.35 bits per heavy atom. The Balaban J connectivity index is 1.55. The molecule has 0 radical (unpaired) electrons. The first-order chi connectivity index (χ1) is 15.0. The summed E-state index contributed by atoms with van der Waals surface area (Å²) in [4.78, 5) is 38.2. The van der Waals surface area contributed by atoms with Crippen molar-refractivity contribution in [3.63, 3.8) is 0 Å². The third-order valence-electron chi connectivity index (χ3n) is 5.67. The molecule has 31 heavy (non-hydrogen) atoms. The second-order valence-electron chi connectivity index (χ2n) is 8.00. The van der Waals surface area contributed by atoms with Gasteiger partial charge >= 0.3 is 0 Å². The van der Waals surface area contributed by atoms with Gasteiger partial charge in [0.1, 0.15) is 4.83 Å². The quantitative estimate of drug-likeness (QED) is 0.245. The third kappa shape index (κ3) is 3.58. The van der Waals surface area contributed by atoms with E-state index in [-0.39, 0.29) is 11.1 Å². The van der Waals surface area contributed by atoms with Crippen LogP contribution in [0.3, 0.4) is 0 Å². The van der Waals surface area contributed by atoms with Gasteiger partial charge in [-0.1, -0.05) is 24.8 Å². The number of rotatable bonds is 5. The van der Waals surface area contributed by atoms with Crippen LogP contribution < -0.4 is 11.1 Å². The number of thioether (sulfide) groups is 1. The second-order valence-corrected chi connectivity index (χ2v) is 10.9. The molecule has 4 aromatic heterocycles. The molecule has 9 heteroatoms. The fraction of sp³-hybridized carbons (Fsp3) is 0.364. The highest BCUT2D eigenvalue weighted by Crippen LogP contribution is 2.36. The Morgan fingerprint density at radius 2 is 2.19 bits per heavy atom. The number of hydrogen-bond acceptors (Lipinski definition) is 7. The molecule has 5 rings (SSSR count). The van der Waals surface area contributed by atoms with Crippen LogP contribution in [0.4, 0.5) is 0 Å². The minimum Gasteiger partial charge on any atom is -0.283 e. The monoisotopic (exact) mass is 470 g/mol. The van der Waals surface area contributed by atoms with Crippen molar-refractivity contribution < 1.29 is 0 Å². The maximum absolute atomic E-state index is 13.4. The number of nitrogens with zero attached hydrogens (tertiary/aromatic N) is 4. The minimum atomic E-state index is -0.0775. The van der Waals surface area contributed by atoms with E-state index in [9.17, 15) is 9.59 Å². The first kappa shape index (κ1) is 20.7. The number of thiophene rings is 1. The Hall–Kier alpha value is -2.23. The van der Waals surface area contributed by atoms with Gasteiger partial charge in [0.15, 0.2) is 10.1 Å². The fourth-order valence-corrected chi connectivity index (χ4v) is 7.33. The lowest BCUT2D eigenvalue weighted by Gasteiger charge is -2.17. The highest BCUT2D eigenvalue weighted by Gasteiger charge is 2.24. The number of hydrogen-bond donors (Lipinski definition) is 0. The molecule has 0 saturated carbocycles. The molecule has 0 bridgehead atoms. The van der Waals surface area contributed by atoms with Crippen LogP contribution in [0, 0.1) is 12.8 Å². The maximum atomic E-state index is 13.4. The van der Waals surface area contributed by atoms with E-state index in [2.05, 4.69) is 18.5 Å². The molecule has 6 nitrogen and oxygen atoms in total. The number of aryl methyl sites for hydroxylation is 2. The molecule has 0 spiro atoms. The van der Waals surface area contributed by atoms with Crippen molar-refractivity contribution >= 4 is 49.6 Å². The molecule has 0 aromatic carbocycles. The topological polar surface area (TPSA) is 69.3 Å². The molecule has 1 atom stereocenters. The predicted molar refractivity (Wildman–Crippen MR) is 129 cm³/mol. The molecule has 0 saturated heterocycles. The lowest BCUT2D eigenvalue weighted by molar-refractivity contribution is 0.509. The first-order valence-corrected chi connectivity index (χ1v) is 12.9. The van der Waals surface area contributed by atoms with Crippen molar-refractivity contribution in [3.05, 3.63) is 66.6 Å². The van der Waals surface area contributed by atoms with Crippen molar-refractivity contribution in [1.82, 2.24) is 18.9 Å².